The van der Waals surface area contributed by atoms with E-state index in [4.69, 9.17) is 14.7 Å². The number of benzene rings is 3. The molecule has 0 saturated heterocycles. The molecule has 0 radical (unpaired) electrons. The maximum Gasteiger partial charge on any atom is 0.267 e. The number of likely N-dealkylation sites (N-methyl/N-ethyl adjacent to an activating group) is 1. The molecule has 0 fully saturated rings. The van der Waals surface area contributed by atoms with E-state index in [1.54, 1.807) is 47.2 Å². The molecule has 0 bridgehead atoms. The lowest BCUT2D eigenvalue weighted by atomic mass is 10.0. The molecule has 1 heterocycles. The zero-order valence-corrected chi connectivity index (χ0v) is 25.9. The van der Waals surface area contributed by atoms with Crippen LogP contribution in [0.1, 0.15) is 34.7 Å². The van der Waals surface area contributed by atoms with Gasteiger partial charge < -0.3 is 19.4 Å². The van der Waals surface area contributed by atoms with Crippen LogP contribution in [0, 0.1) is 0 Å². The van der Waals surface area contributed by atoms with Crippen LogP contribution in [-0.2, 0) is 27.7 Å². The molecule has 11 heteroatoms. The van der Waals surface area contributed by atoms with Crippen LogP contribution in [0.4, 0.5) is 0 Å². The average molecular weight is 619 g/mol. The molecule has 3 N–H and O–H groups in total. The Kier molecular flexibility index (Phi) is 9.70. The summed E-state index contributed by atoms with van der Waals surface area (Å²) in [5.41, 5.74) is 6.31. The number of carbonyl (C=O) groups is 1. The Bertz CT molecular complexity index is 1750. The number of aromatic amines is 1. The standard InChI is InChI=1S/C33H38N4O6S/c1-36(2)18-19-43-26-7-10-28(11-8-26)44(40,41)37(17-16-25-22-34-31-21-27(42-3)9-13-29(25)31)32-14-6-24-20-23(4-12-30(24)32)5-15-33(38)35-39/h4-5,7-13,15,20-22,32,34,39H,6,14,16-19H2,1-3H3,(H,35,38)/b15-5+. The van der Waals surface area contributed by atoms with Gasteiger partial charge in [-0.05, 0) is 98.1 Å². The molecule has 0 aliphatic heterocycles. The number of carbonyl (C=O) groups excluding carboxylic acids is 1. The third-order valence-corrected chi connectivity index (χ3v) is 9.83. The Morgan fingerprint density at radius 1 is 1.07 bits per heavy atom. The van der Waals surface area contributed by atoms with E-state index in [-0.39, 0.29) is 17.5 Å². The van der Waals surface area contributed by atoms with Crippen molar-refractivity contribution in [3.8, 4) is 11.5 Å². The number of fused-ring (bicyclic) bond motifs is 2. The predicted molar refractivity (Wildman–Crippen MR) is 169 cm³/mol. The number of aromatic nitrogens is 1. The van der Waals surface area contributed by atoms with Crippen molar-refractivity contribution in [1.82, 2.24) is 19.7 Å². The van der Waals surface area contributed by atoms with Crippen LogP contribution in [0.2, 0.25) is 0 Å². The van der Waals surface area contributed by atoms with Gasteiger partial charge in [0.15, 0.2) is 0 Å². The van der Waals surface area contributed by atoms with Crippen molar-refractivity contribution in [2.24, 2.45) is 0 Å². The van der Waals surface area contributed by atoms with E-state index < -0.39 is 15.9 Å². The highest BCUT2D eigenvalue weighted by Gasteiger charge is 2.36. The zero-order valence-electron chi connectivity index (χ0n) is 25.1. The molecule has 1 atom stereocenters. The third kappa shape index (κ3) is 6.97. The molecule has 0 saturated carbocycles. The number of ether oxygens (including phenoxy) is 2. The normalized spacial score (nSPS) is 14.9. The maximum atomic E-state index is 14.3. The number of hydroxylamine groups is 1. The molecule has 1 aromatic heterocycles. The summed E-state index contributed by atoms with van der Waals surface area (Å²) in [6.07, 6.45) is 6.64. The van der Waals surface area contributed by atoms with Crippen molar-refractivity contribution < 1.29 is 27.9 Å². The molecule has 1 amide bonds. The van der Waals surface area contributed by atoms with Gasteiger partial charge in [0.1, 0.15) is 18.1 Å². The van der Waals surface area contributed by atoms with Crippen LogP contribution in [0.25, 0.3) is 17.0 Å². The molecule has 0 spiro atoms. The zero-order chi connectivity index (χ0) is 31.3. The van der Waals surface area contributed by atoms with Crippen molar-refractivity contribution in [2.75, 3.05) is 40.9 Å². The number of sulfonamides is 1. The minimum absolute atomic E-state index is 0.212. The van der Waals surface area contributed by atoms with Gasteiger partial charge in [-0.25, -0.2) is 13.9 Å². The summed E-state index contributed by atoms with van der Waals surface area (Å²) in [5.74, 6) is 0.747. The molecule has 1 aliphatic rings. The highest BCUT2D eigenvalue weighted by atomic mass is 32.2. The van der Waals surface area contributed by atoms with Crippen LogP contribution >= 0.6 is 0 Å². The summed E-state index contributed by atoms with van der Waals surface area (Å²) < 4.78 is 41.4. The summed E-state index contributed by atoms with van der Waals surface area (Å²) >= 11 is 0. The molecule has 44 heavy (non-hydrogen) atoms. The molecule has 1 aliphatic carbocycles. The predicted octanol–water partition coefficient (Wildman–Crippen LogP) is 4.56. The summed E-state index contributed by atoms with van der Waals surface area (Å²) in [7, 11) is 1.68. The molecule has 3 aromatic carbocycles. The van der Waals surface area contributed by atoms with E-state index in [1.165, 1.54) is 6.08 Å². The highest BCUT2D eigenvalue weighted by Crippen LogP contribution is 2.40. The van der Waals surface area contributed by atoms with E-state index in [0.29, 0.717) is 31.6 Å². The molecule has 5 rings (SSSR count). The second-order valence-corrected chi connectivity index (χ2v) is 12.9. The fraction of sp³-hybridized carbons (Fsp3) is 0.303. The second-order valence-electron chi connectivity index (χ2n) is 11.0. The van der Waals surface area contributed by atoms with Crippen molar-refractivity contribution >= 4 is 32.9 Å². The molecular weight excluding hydrogens is 580 g/mol. The van der Waals surface area contributed by atoms with E-state index in [1.807, 2.05) is 61.6 Å². The topological polar surface area (TPSA) is 124 Å². The first-order valence-electron chi connectivity index (χ1n) is 14.5. The SMILES string of the molecule is COc1ccc2c(CCN(C3CCc4cc(/C=C/C(=O)NO)ccc43)S(=O)(=O)c3ccc(OCCN(C)C)cc3)c[nH]c2c1. The van der Waals surface area contributed by atoms with Crippen molar-refractivity contribution in [2.45, 2.75) is 30.2 Å². The molecule has 10 nitrogen and oxygen atoms in total. The number of hydrogen-bond acceptors (Lipinski definition) is 7. The fourth-order valence-electron chi connectivity index (χ4n) is 5.59. The Balaban J connectivity index is 1.44. The minimum atomic E-state index is -3.89. The highest BCUT2D eigenvalue weighted by molar-refractivity contribution is 7.89. The first-order valence-corrected chi connectivity index (χ1v) is 15.9. The van der Waals surface area contributed by atoms with Crippen molar-refractivity contribution in [3.63, 3.8) is 0 Å². The summed E-state index contributed by atoms with van der Waals surface area (Å²) in [5, 5.41) is 9.80. The van der Waals surface area contributed by atoms with Gasteiger partial charge in [0.25, 0.3) is 5.91 Å². The number of methoxy groups -OCH3 is 1. The fourth-order valence-corrected chi connectivity index (χ4v) is 7.23. The van der Waals surface area contributed by atoms with Gasteiger partial charge in [0.2, 0.25) is 10.0 Å². The van der Waals surface area contributed by atoms with Gasteiger partial charge in [0.05, 0.1) is 18.0 Å². The molecular formula is C33H38N4O6S. The molecule has 4 aromatic rings. The minimum Gasteiger partial charge on any atom is -0.497 e. The quantitative estimate of drug-likeness (QED) is 0.114. The smallest absolute Gasteiger partial charge is 0.267 e. The number of aryl methyl sites for hydroxylation is 1. The Labute approximate surface area is 257 Å². The largest absolute Gasteiger partial charge is 0.497 e. The van der Waals surface area contributed by atoms with Gasteiger partial charge in [-0.15, -0.1) is 0 Å². The summed E-state index contributed by atoms with van der Waals surface area (Å²) in [4.78, 5) is 17.0. The van der Waals surface area contributed by atoms with Crippen molar-refractivity contribution in [1.29, 1.82) is 0 Å². The number of nitrogens with zero attached hydrogens (tertiary/aromatic N) is 2. The van der Waals surface area contributed by atoms with Gasteiger partial charge in [-0.3, -0.25) is 10.0 Å². The number of rotatable bonds is 13. The lowest BCUT2D eigenvalue weighted by Crippen LogP contribution is -2.35. The van der Waals surface area contributed by atoms with Crippen LogP contribution in [0.15, 0.2) is 77.8 Å². The first-order chi connectivity index (χ1) is 21.2. The van der Waals surface area contributed by atoms with Gasteiger partial charge in [0, 0.05) is 42.3 Å². The maximum absolute atomic E-state index is 14.3. The third-order valence-electron chi connectivity index (χ3n) is 7.91. The number of H-pyrrole nitrogens is 1. The van der Waals surface area contributed by atoms with Crippen molar-refractivity contribution in [3.05, 3.63) is 95.2 Å². The van der Waals surface area contributed by atoms with Gasteiger partial charge in [-0.2, -0.15) is 4.31 Å². The van der Waals surface area contributed by atoms with E-state index >= 15 is 0 Å². The number of amides is 1. The Hall–Kier alpha value is -4.16. The summed E-state index contributed by atoms with van der Waals surface area (Å²) in [6.45, 7) is 1.54. The lowest BCUT2D eigenvalue weighted by Gasteiger charge is -2.29. The van der Waals surface area contributed by atoms with Crippen LogP contribution < -0.4 is 15.0 Å². The Morgan fingerprint density at radius 2 is 1.84 bits per heavy atom. The first kappa shape index (κ1) is 31.3. The monoisotopic (exact) mass is 618 g/mol. The average Bonchev–Trinajstić information content (AvgIpc) is 3.63. The second kappa shape index (κ2) is 13.6. The van der Waals surface area contributed by atoms with Crippen LogP contribution in [-0.4, -0.2) is 74.6 Å². The number of hydrogen-bond donors (Lipinski definition) is 3. The van der Waals surface area contributed by atoms with E-state index in [9.17, 15) is 13.2 Å². The van der Waals surface area contributed by atoms with Gasteiger partial charge in [-0.1, -0.05) is 18.2 Å². The molecule has 1 unspecified atom stereocenters. The van der Waals surface area contributed by atoms with Gasteiger partial charge >= 0.3 is 0 Å². The molecule has 232 valence electrons. The summed E-state index contributed by atoms with van der Waals surface area (Å²) in [6, 6.07) is 17.9. The van der Waals surface area contributed by atoms with E-state index in [0.717, 1.165) is 45.5 Å². The Morgan fingerprint density at radius 3 is 2.57 bits per heavy atom. The van der Waals surface area contributed by atoms with E-state index in [2.05, 4.69) is 4.98 Å². The van der Waals surface area contributed by atoms with Crippen LogP contribution in [0.3, 0.4) is 0 Å². The number of nitrogens with one attached hydrogen (secondary N) is 2. The van der Waals surface area contributed by atoms with Crippen LogP contribution in [0.5, 0.6) is 11.5 Å². The lowest BCUT2D eigenvalue weighted by molar-refractivity contribution is -0.124.